The van der Waals surface area contributed by atoms with E-state index in [0.29, 0.717) is 11.4 Å². The number of hydrogen-bond acceptors (Lipinski definition) is 3. The van der Waals surface area contributed by atoms with Crippen LogP contribution in [-0.4, -0.2) is 16.9 Å². The van der Waals surface area contributed by atoms with Gasteiger partial charge in [-0.3, -0.25) is 4.79 Å². The van der Waals surface area contributed by atoms with Crippen molar-refractivity contribution in [3.63, 3.8) is 0 Å². The molecule has 1 saturated carbocycles. The first kappa shape index (κ1) is 11.9. The van der Waals surface area contributed by atoms with Crippen LogP contribution in [0.1, 0.15) is 43.1 Å². The molecule has 92 valence electrons. The first-order valence-electron chi connectivity index (χ1n) is 6.18. The molecule has 0 saturated heterocycles. The van der Waals surface area contributed by atoms with Gasteiger partial charge in [-0.25, -0.2) is 4.98 Å². The topological polar surface area (TPSA) is 68.0 Å². The number of nitrogens with one attached hydrogen (secondary N) is 1. The highest BCUT2D eigenvalue weighted by Gasteiger charge is 2.21. The zero-order valence-electron chi connectivity index (χ0n) is 10.1. The minimum atomic E-state index is -0.150. The molecule has 1 heterocycles. The van der Waals surface area contributed by atoms with Gasteiger partial charge in [-0.05, 0) is 43.7 Å². The number of amides is 1. The van der Waals surface area contributed by atoms with Crippen LogP contribution in [-0.2, 0) is 0 Å². The van der Waals surface area contributed by atoms with Gasteiger partial charge < -0.3 is 11.1 Å². The molecule has 1 aromatic rings. The number of nitrogens with zero attached hydrogens (tertiary/aromatic N) is 1. The quantitative estimate of drug-likeness (QED) is 0.820. The highest BCUT2D eigenvalue weighted by Crippen LogP contribution is 2.23. The van der Waals surface area contributed by atoms with Crippen molar-refractivity contribution < 1.29 is 4.79 Å². The average Bonchev–Trinajstić information content (AvgIpc) is 2.32. The lowest BCUT2D eigenvalue weighted by Crippen LogP contribution is -2.38. The Morgan fingerprint density at radius 3 is 2.76 bits per heavy atom. The van der Waals surface area contributed by atoms with Gasteiger partial charge in [-0.1, -0.05) is 6.92 Å². The summed E-state index contributed by atoms with van der Waals surface area (Å²) in [7, 11) is 0. The summed E-state index contributed by atoms with van der Waals surface area (Å²) in [5, 5.41) is 3.02. The number of pyridine rings is 1. The molecule has 0 aliphatic heterocycles. The Morgan fingerprint density at radius 1 is 1.41 bits per heavy atom. The van der Waals surface area contributed by atoms with Crippen molar-refractivity contribution in [2.45, 2.75) is 38.6 Å². The molecule has 4 heteroatoms. The fourth-order valence-corrected chi connectivity index (χ4v) is 2.27. The Labute approximate surface area is 102 Å². The number of nitrogens with two attached hydrogens (primary N) is 1. The molecule has 1 aliphatic rings. The van der Waals surface area contributed by atoms with E-state index in [2.05, 4.69) is 17.2 Å². The van der Waals surface area contributed by atoms with Gasteiger partial charge in [0.1, 0.15) is 0 Å². The minimum absolute atomic E-state index is 0.150. The van der Waals surface area contributed by atoms with Crippen LogP contribution < -0.4 is 11.1 Å². The lowest BCUT2D eigenvalue weighted by molar-refractivity contribution is 0.0919. The highest BCUT2D eigenvalue weighted by molar-refractivity contribution is 5.97. The zero-order chi connectivity index (χ0) is 12.3. The van der Waals surface area contributed by atoms with E-state index in [-0.39, 0.29) is 11.9 Å². The van der Waals surface area contributed by atoms with Crippen molar-refractivity contribution in [2.75, 3.05) is 5.73 Å². The van der Waals surface area contributed by atoms with Crippen LogP contribution in [0.2, 0.25) is 0 Å². The Bertz CT molecular complexity index is 397. The van der Waals surface area contributed by atoms with Crippen molar-refractivity contribution >= 4 is 11.6 Å². The van der Waals surface area contributed by atoms with Crippen LogP contribution in [0.5, 0.6) is 0 Å². The second-order valence-corrected chi connectivity index (χ2v) is 4.87. The van der Waals surface area contributed by atoms with E-state index in [1.54, 1.807) is 18.3 Å². The molecule has 17 heavy (non-hydrogen) atoms. The lowest BCUT2D eigenvalue weighted by Gasteiger charge is -2.26. The molecule has 1 aromatic heterocycles. The fraction of sp³-hybridized carbons (Fsp3) is 0.538. The maximum Gasteiger partial charge on any atom is 0.272 e. The molecule has 1 amide bonds. The van der Waals surface area contributed by atoms with Gasteiger partial charge in [0.05, 0.1) is 5.69 Å². The normalized spacial score (nSPS) is 24.3. The van der Waals surface area contributed by atoms with Gasteiger partial charge in [0.15, 0.2) is 5.69 Å². The SMILES string of the molecule is CC1CCC(NC(=O)c2ncccc2N)CC1. The first-order valence-corrected chi connectivity index (χ1v) is 6.18. The maximum absolute atomic E-state index is 12.0. The molecule has 3 N–H and O–H groups in total. The Kier molecular flexibility index (Phi) is 3.61. The third kappa shape index (κ3) is 2.96. The Morgan fingerprint density at radius 2 is 2.12 bits per heavy atom. The summed E-state index contributed by atoms with van der Waals surface area (Å²) in [6.45, 7) is 2.26. The van der Waals surface area contributed by atoms with E-state index in [1.165, 1.54) is 12.8 Å². The highest BCUT2D eigenvalue weighted by atomic mass is 16.1. The van der Waals surface area contributed by atoms with Crippen LogP contribution in [0.15, 0.2) is 18.3 Å². The van der Waals surface area contributed by atoms with Crippen molar-refractivity contribution in [1.29, 1.82) is 0 Å². The van der Waals surface area contributed by atoms with Crippen molar-refractivity contribution in [3.8, 4) is 0 Å². The summed E-state index contributed by atoms with van der Waals surface area (Å²) in [5.41, 5.74) is 6.50. The van der Waals surface area contributed by atoms with Crippen molar-refractivity contribution in [1.82, 2.24) is 10.3 Å². The van der Waals surface area contributed by atoms with Gasteiger partial charge in [0, 0.05) is 12.2 Å². The number of rotatable bonds is 2. The number of nitrogen functional groups attached to an aromatic ring is 1. The molecule has 0 aromatic carbocycles. The van der Waals surface area contributed by atoms with Crippen molar-refractivity contribution in [3.05, 3.63) is 24.0 Å². The van der Waals surface area contributed by atoms with Gasteiger partial charge >= 0.3 is 0 Å². The molecule has 2 rings (SSSR count). The number of hydrogen-bond donors (Lipinski definition) is 2. The molecule has 0 radical (unpaired) electrons. The van der Waals surface area contributed by atoms with Gasteiger partial charge in [0.25, 0.3) is 5.91 Å². The summed E-state index contributed by atoms with van der Waals surface area (Å²) in [5.74, 6) is 0.630. The summed E-state index contributed by atoms with van der Waals surface area (Å²) >= 11 is 0. The number of carbonyl (C=O) groups is 1. The van der Waals surface area contributed by atoms with Gasteiger partial charge in [0.2, 0.25) is 0 Å². The third-order valence-corrected chi connectivity index (χ3v) is 3.41. The molecular weight excluding hydrogens is 214 g/mol. The first-order chi connectivity index (χ1) is 8.16. The van der Waals surface area contributed by atoms with Crippen LogP contribution in [0.4, 0.5) is 5.69 Å². The summed E-state index contributed by atoms with van der Waals surface area (Å²) in [6, 6.07) is 3.71. The monoisotopic (exact) mass is 233 g/mol. The van der Waals surface area contributed by atoms with E-state index in [4.69, 9.17) is 5.73 Å². The number of carbonyl (C=O) groups excluding carboxylic acids is 1. The second kappa shape index (κ2) is 5.17. The summed E-state index contributed by atoms with van der Waals surface area (Å²) in [6.07, 6.45) is 6.07. The molecule has 1 fully saturated rings. The molecule has 0 spiro atoms. The van der Waals surface area contributed by atoms with E-state index in [1.807, 2.05) is 0 Å². The zero-order valence-corrected chi connectivity index (χ0v) is 10.1. The predicted molar refractivity (Wildman–Crippen MR) is 67.5 cm³/mol. The smallest absolute Gasteiger partial charge is 0.272 e. The summed E-state index contributed by atoms with van der Waals surface area (Å²) in [4.78, 5) is 16.0. The van der Waals surface area contributed by atoms with Crippen LogP contribution in [0.25, 0.3) is 0 Å². The van der Waals surface area contributed by atoms with Crippen LogP contribution >= 0.6 is 0 Å². The van der Waals surface area contributed by atoms with Crippen LogP contribution in [0, 0.1) is 5.92 Å². The van der Waals surface area contributed by atoms with E-state index in [9.17, 15) is 4.79 Å². The largest absolute Gasteiger partial charge is 0.397 e. The Hall–Kier alpha value is -1.58. The fourth-order valence-electron chi connectivity index (χ4n) is 2.27. The van der Waals surface area contributed by atoms with E-state index in [0.717, 1.165) is 18.8 Å². The maximum atomic E-state index is 12.0. The Balaban J connectivity index is 1.96. The average molecular weight is 233 g/mol. The molecule has 0 bridgehead atoms. The van der Waals surface area contributed by atoms with E-state index >= 15 is 0 Å². The van der Waals surface area contributed by atoms with Gasteiger partial charge in [-0.15, -0.1) is 0 Å². The number of anilines is 1. The third-order valence-electron chi connectivity index (χ3n) is 3.41. The predicted octanol–water partition coefficient (Wildman–Crippen LogP) is 1.97. The molecule has 4 nitrogen and oxygen atoms in total. The molecule has 0 atom stereocenters. The van der Waals surface area contributed by atoms with Crippen molar-refractivity contribution in [2.24, 2.45) is 5.92 Å². The molecule has 0 unspecified atom stereocenters. The van der Waals surface area contributed by atoms with E-state index < -0.39 is 0 Å². The summed E-state index contributed by atoms with van der Waals surface area (Å²) < 4.78 is 0. The molecule has 1 aliphatic carbocycles. The second-order valence-electron chi connectivity index (χ2n) is 4.87. The van der Waals surface area contributed by atoms with Crippen LogP contribution in [0.3, 0.4) is 0 Å². The van der Waals surface area contributed by atoms with Gasteiger partial charge in [-0.2, -0.15) is 0 Å². The standard InChI is InChI=1S/C13H19N3O/c1-9-4-6-10(7-5-9)16-13(17)12-11(14)3-2-8-15-12/h2-3,8-10H,4-7,14H2,1H3,(H,16,17). The lowest BCUT2D eigenvalue weighted by atomic mass is 9.87. The number of aromatic nitrogens is 1. The minimum Gasteiger partial charge on any atom is -0.397 e. The molecular formula is C13H19N3O.